The van der Waals surface area contributed by atoms with Crippen LogP contribution in [0, 0.1) is 5.82 Å². The van der Waals surface area contributed by atoms with Gasteiger partial charge in [0.2, 0.25) is 10.0 Å². The lowest BCUT2D eigenvalue weighted by molar-refractivity contribution is 0.427. The Labute approximate surface area is 126 Å². The first-order valence-electron chi connectivity index (χ1n) is 5.81. The second-order valence-electron chi connectivity index (χ2n) is 4.29. The molecule has 21 heavy (non-hydrogen) atoms. The molecule has 0 saturated heterocycles. The van der Waals surface area contributed by atoms with Crippen LogP contribution in [0.2, 0.25) is 5.02 Å². The van der Waals surface area contributed by atoms with E-state index in [-0.39, 0.29) is 16.5 Å². The van der Waals surface area contributed by atoms with Crippen LogP contribution in [0.25, 0.3) is 0 Å². The standard InChI is InChI=1S/C13H12ClFN2O3S/c14-10-5-4-9(21(16,19)20)6-12(10)17-7-8-2-1-3-11(15)13(8)18/h1-6,17-18H,7H2,(H2,16,19,20). The quantitative estimate of drug-likeness (QED) is 0.802. The number of phenols is 1. The number of benzene rings is 2. The van der Waals surface area contributed by atoms with Gasteiger partial charge in [0.15, 0.2) is 11.6 Å². The van der Waals surface area contributed by atoms with Crippen molar-refractivity contribution in [1.29, 1.82) is 0 Å². The molecule has 0 aliphatic heterocycles. The number of primary sulfonamides is 1. The summed E-state index contributed by atoms with van der Waals surface area (Å²) in [6, 6.07) is 8.05. The summed E-state index contributed by atoms with van der Waals surface area (Å²) in [6.07, 6.45) is 0. The van der Waals surface area contributed by atoms with E-state index in [0.717, 1.165) is 6.07 Å². The van der Waals surface area contributed by atoms with Gasteiger partial charge in [-0.05, 0) is 24.3 Å². The van der Waals surface area contributed by atoms with Gasteiger partial charge in [-0.1, -0.05) is 23.7 Å². The molecule has 0 spiro atoms. The Morgan fingerprint density at radius 3 is 2.67 bits per heavy atom. The number of anilines is 1. The summed E-state index contributed by atoms with van der Waals surface area (Å²) in [5.74, 6) is -1.21. The lowest BCUT2D eigenvalue weighted by Gasteiger charge is -2.11. The van der Waals surface area contributed by atoms with E-state index >= 15 is 0 Å². The Balaban J connectivity index is 2.26. The summed E-state index contributed by atoms with van der Waals surface area (Å²) >= 11 is 5.95. The van der Waals surface area contributed by atoms with Crippen LogP contribution < -0.4 is 10.5 Å². The number of sulfonamides is 1. The average Bonchev–Trinajstić information content (AvgIpc) is 2.40. The zero-order valence-corrected chi connectivity index (χ0v) is 12.2. The van der Waals surface area contributed by atoms with Gasteiger partial charge in [0.25, 0.3) is 0 Å². The minimum absolute atomic E-state index is 0.0669. The summed E-state index contributed by atoms with van der Waals surface area (Å²) in [4.78, 5) is -0.0992. The fraction of sp³-hybridized carbons (Fsp3) is 0.0769. The Morgan fingerprint density at radius 1 is 1.29 bits per heavy atom. The Hall–Kier alpha value is -1.83. The van der Waals surface area contributed by atoms with Crippen molar-refractivity contribution in [2.45, 2.75) is 11.4 Å². The summed E-state index contributed by atoms with van der Waals surface area (Å²) in [7, 11) is -3.85. The summed E-state index contributed by atoms with van der Waals surface area (Å²) in [6.45, 7) is 0.0669. The average molecular weight is 331 g/mol. The highest BCUT2D eigenvalue weighted by Gasteiger charge is 2.12. The van der Waals surface area contributed by atoms with Crippen molar-refractivity contribution in [2.24, 2.45) is 5.14 Å². The van der Waals surface area contributed by atoms with Gasteiger partial charge in [-0.25, -0.2) is 17.9 Å². The van der Waals surface area contributed by atoms with Crippen molar-refractivity contribution in [2.75, 3.05) is 5.32 Å². The summed E-state index contributed by atoms with van der Waals surface area (Å²) in [5.41, 5.74) is 0.624. The zero-order chi connectivity index (χ0) is 15.6. The number of hydrogen-bond acceptors (Lipinski definition) is 4. The van der Waals surface area contributed by atoms with Gasteiger partial charge >= 0.3 is 0 Å². The predicted molar refractivity (Wildman–Crippen MR) is 78.2 cm³/mol. The first-order chi connectivity index (χ1) is 9.79. The van der Waals surface area contributed by atoms with Gasteiger partial charge in [-0.15, -0.1) is 0 Å². The molecule has 0 amide bonds. The van der Waals surface area contributed by atoms with Gasteiger partial charge in [-0.3, -0.25) is 0 Å². The third-order valence-electron chi connectivity index (χ3n) is 2.81. The zero-order valence-electron chi connectivity index (χ0n) is 10.7. The number of halogens is 2. The van der Waals surface area contributed by atoms with Crippen LogP contribution in [0.1, 0.15) is 5.56 Å². The van der Waals surface area contributed by atoms with Gasteiger partial charge < -0.3 is 10.4 Å². The molecular weight excluding hydrogens is 319 g/mol. The number of para-hydroxylation sites is 1. The molecular formula is C13H12ClFN2O3S. The van der Waals surface area contributed by atoms with Crippen LogP contribution in [-0.4, -0.2) is 13.5 Å². The van der Waals surface area contributed by atoms with Crippen LogP contribution >= 0.6 is 11.6 Å². The van der Waals surface area contributed by atoms with E-state index in [4.69, 9.17) is 16.7 Å². The molecule has 2 aromatic rings. The van der Waals surface area contributed by atoms with E-state index in [2.05, 4.69) is 5.32 Å². The lowest BCUT2D eigenvalue weighted by atomic mass is 10.2. The first-order valence-corrected chi connectivity index (χ1v) is 7.74. The van der Waals surface area contributed by atoms with Gasteiger partial charge in [0.05, 0.1) is 15.6 Å². The maximum atomic E-state index is 13.2. The number of nitrogens with two attached hydrogens (primary N) is 1. The Bertz CT molecular complexity index is 781. The maximum Gasteiger partial charge on any atom is 0.238 e. The van der Waals surface area contributed by atoms with Crippen LogP contribution in [0.4, 0.5) is 10.1 Å². The third-order valence-corrected chi connectivity index (χ3v) is 4.05. The highest BCUT2D eigenvalue weighted by Crippen LogP contribution is 2.27. The SMILES string of the molecule is NS(=O)(=O)c1ccc(Cl)c(NCc2cccc(F)c2O)c1. The topological polar surface area (TPSA) is 92.4 Å². The molecule has 2 aromatic carbocycles. The highest BCUT2D eigenvalue weighted by molar-refractivity contribution is 7.89. The molecule has 8 heteroatoms. The normalized spacial score (nSPS) is 11.4. The van der Waals surface area contributed by atoms with Crippen molar-refractivity contribution in [3.63, 3.8) is 0 Å². The Kier molecular flexibility index (Phi) is 4.36. The second-order valence-corrected chi connectivity index (χ2v) is 6.26. The number of hydrogen-bond donors (Lipinski definition) is 3. The van der Waals surface area contributed by atoms with E-state index in [1.807, 2.05) is 0 Å². The van der Waals surface area contributed by atoms with Gasteiger partial charge in [0, 0.05) is 12.1 Å². The smallest absolute Gasteiger partial charge is 0.238 e. The molecule has 0 saturated carbocycles. The maximum absolute atomic E-state index is 13.2. The van der Waals surface area contributed by atoms with Crippen molar-refractivity contribution >= 4 is 27.3 Å². The van der Waals surface area contributed by atoms with Crippen molar-refractivity contribution in [3.8, 4) is 5.75 Å². The van der Waals surface area contributed by atoms with Gasteiger partial charge in [-0.2, -0.15) is 0 Å². The minimum atomic E-state index is -3.85. The van der Waals surface area contributed by atoms with Crippen molar-refractivity contribution in [1.82, 2.24) is 0 Å². The van der Waals surface area contributed by atoms with Crippen LogP contribution in [0.15, 0.2) is 41.3 Å². The van der Waals surface area contributed by atoms with E-state index in [9.17, 15) is 17.9 Å². The minimum Gasteiger partial charge on any atom is -0.505 e. The number of nitrogens with one attached hydrogen (secondary N) is 1. The molecule has 0 aromatic heterocycles. The van der Waals surface area contributed by atoms with Gasteiger partial charge in [0.1, 0.15) is 0 Å². The fourth-order valence-corrected chi connectivity index (χ4v) is 2.43. The molecule has 2 rings (SSSR count). The molecule has 0 fully saturated rings. The van der Waals surface area contributed by atoms with Crippen LogP contribution in [-0.2, 0) is 16.6 Å². The van der Waals surface area contributed by atoms with E-state index in [1.54, 1.807) is 0 Å². The Morgan fingerprint density at radius 2 is 2.00 bits per heavy atom. The number of phenolic OH excluding ortho intramolecular Hbond substituents is 1. The number of aromatic hydroxyl groups is 1. The largest absolute Gasteiger partial charge is 0.505 e. The van der Waals surface area contributed by atoms with Crippen LogP contribution in [0.5, 0.6) is 5.75 Å². The van der Waals surface area contributed by atoms with E-state index in [0.29, 0.717) is 11.3 Å². The summed E-state index contributed by atoms with van der Waals surface area (Å²) < 4.78 is 35.8. The predicted octanol–water partition coefficient (Wildman–Crippen LogP) is 2.44. The molecule has 0 atom stereocenters. The summed E-state index contributed by atoms with van der Waals surface area (Å²) in [5, 5.41) is 17.7. The highest BCUT2D eigenvalue weighted by atomic mass is 35.5. The molecule has 0 aliphatic rings. The van der Waals surface area contributed by atoms with Crippen molar-refractivity contribution in [3.05, 3.63) is 52.8 Å². The molecule has 112 valence electrons. The third kappa shape index (κ3) is 3.63. The van der Waals surface area contributed by atoms with Crippen molar-refractivity contribution < 1.29 is 17.9 Å². The molecule has 0 aliphatic carbocycles. The van der Waals surface area contributed by atoms with E-state index in [1.165, 1.54) is 30.3 Å². The monoisotopic (exact) mass is 330 g/mol. The first kappa shape index (κ1) is 15.6. The second kappa shape index (κ2) is 5.88. The lowest BCUT2D eigenvalue weighted by Crippen LogP contribution is -2.12. The van der Waals surface area contributed by atoms with E-state index < -0.39 is 21.6 Å². The fourth-order valence-electron chi connectivity index (χ4n) is 1.71. The molecule has 0 heterocycles. The number of rotatable bonds is 4. The van der Waals surface area contributed by atoms with Crippen LogP contribution in [0.3, 0.4) is 0 Å². The molecule has 0 bridgehead atoms. The molecule has 5 nitrogen and oxygen atoms in total. The molecule has 0 radical (unpaired) electrons. The molecule has 0 unspecified atom stereocenters. The molecule has 4 N–H and O–H groups in total.